The Morgan fingerprint density at radius 2 is 1.49 bits per heavy atom. The number of hydrogen-bond acceptors (Lipinski definition) is 18. The van der Waals surface area contributed by atoms with Crippen LogP contribution in [0.15, 0.2) is 0 Å². The molecule has 1 aliphatic carbocycles. The predicted octanol–water partition coefficient (Wildman–Crippen LogP) is -8.09. The molecule has 1 amide bonds. The van der Waals surface area contributed by atoms with Gasteiger partial charge in [-0.3, -0.25) is 4.79 Å². The van der Waals surface area contributed by atoms with Crippen molar-refractivity contribution in [3.05, 3.63) is 0 Å². The second-order valence-electron chi connectivity index (χ2n) is 12.0. The summed E-state index contributed by atoms with van der Waals surface area (Å²) in [4.78, 5) is 12.7. The molecule has 45 heavy (non-hydrogen) atoms. The Morgan fingerprint density at radius 3 is 2.13 bits per heavy atom. The van der Waals surface area contributed by atoms with Gasteiger partial charge in [0.25, 0.3) is 0 Å². The zero-order valence-corrected chi connectivity index (χ0v) is 25.2. The highest BCUT2D eigenvalue weighted by Gasteiger charge is 2.51. The van der Waals surface area contributed by atoms with Crippen molar-refractivity contribution in [3.8, 4) is 0 Å². The van der Waals surface area contributed by atoms with E-state index in [1.165, 1.54) is 0 Å². The number of ether oxygens (including phenoxy) is 4. The normalized spacial score (nSPS) is 42.2. The van der Waals surface area contributed by atoms with Crippen molar-refractivity contribution in [2.75, 3.05) is 32.8 Å². The molecule has 0 aromatic heterocycles. The molecule has 1 saturated carbocycles. The Bertz CT molecular complexity index is 899. The van der Waals surface area contributed by atoms with Crippen LogP contribution in [-0.2, 0) is 23.7 Å². The van der Waals surface area contributed by atoms with E-state index >= 15 is 0 Å². The molecule has 3 aliphatic rings. The Kier molecular flexibility index (Phi) is 15.1. The Balaban J connectivity index is 1.77. The van der Waals surface area contributed by atoms with Crippen LogP contribution in [0, 0.1) is 0 Å². The highest BCUT2D eigenvalue weighted by molar-refractivity contribution is 5.80. The number of aliphatic hydroxyl groups is 7. The molecule has 2 saturated heterocycles. The van der Waals surface area contributed by atoms with Gasteiger partial charge in [0.1, 0.15) is 42.7 Å². The summed E-state index contributed by atoms with van der Waals surface area (Å²) < 4.78 is 23.5. The second kappa shape index (κ2) is 17.8. The zero-order chi connectivity index (χ0) is 33.4. The van der Waals surface area contributed by atoms with Crippen molar-refractivity contribution < 1.29 is 59.5 Å². The fourth-order valence-corrected chi connectivity index (χ4v) is 5.75. The lowest BCUT2D eigenvalue weighted by Gasteiger charge is -2.48. The summed E-state index contributed by atoms with van der Waals surface area (Å²) in [5, 5.41) is 78.3. The number of rotatable bonds is 15. The molecule has 19 N–H and O–H groups in total. The van der Waals surface area contributed by atoms with E-state index in [2.05, 4.69) is 10.6 Å². The van der Waals surface area contributed by atoms with Crippen molar-refractivity contribution >= 4 is 5.91 Å². The largest absolute Gasteiger partial charge is 0.394 e. The van der Waals surface area contributed by atoms with E-state index in [9.17, 15) is 40.5 Å². The van der Waals surface area contributed by atoms with Crippen molar-refractivity contribution in [2.45, 2.75) is 123 Å². The van der Waals surface area contributed by atoms with Crippen LogP contribution in [0.25, 0.3) is 0 Å². The van der Waals surface area contributed by atoms with E-state index in [-0.39, 0.29) is 38.9 Å². The van der Waals surface area contributed by atoms with Crippen molar-refractivity contribution in [1.29, 1.82) is 0 Å². The maximum atomic E-state index is 12.7. The van der Waals surface area contributed by atoms with E-state index in [1.54, 1.807) is 0 Å². The average Bonchev–Trinajstić information content (AvgIpc) is 2.99. The molecule has 0 radical (unpaired) electrons. The molecule has 2 unspecified atom stereocenters. The fraction of sp³-hybridized carbons (Fsp3) is 0.962. The molecule has 0 aromatic rings. The number of hydrogen-bond donors (Lipinski definition) is 14. The second-order valence-corrected chi connectivity index (χ2v) is 12.0. The van der Waals surface area contributed by atoms with Gasteiger partial charge in [-0.1, -0.05) is 0 Å². The summed E-state index contributed by atoms with van der Waals surface area (Å²) in [6.45, 7) is 0.0538. The van der Waals surface area contributed by atoms with Crippen LogP contribution >= 0.6 is 0 Å². The number of carbonyl (C=O) groups is 1. The lowest BCUT2D eigenvalue weighted by Crippen LogP contribution is -2.69. The van der Waals surface area contributed by atoms with E-state index < -0.39 is 110 Å². The number of nitrogens with two attached hydrogens (primary N) is 5. The van der Waals surface area contributed by atoms with Gasteiger partial charge in [0.15, 0.2) is 12.6 Å². The predicted molar refractivity (Wildman–Crippen MR) is 155 cm³/mol. The molecule has 16 atom stereocenters. The van der Waals surface area contributed by atoms with E-state index in [0.717, 1.165) is 0 Å². The maximum Gasteiger partial charge on any atom is 0.249 e. The average molecular weight is 656 g/mol. The van der Waals surface area contributed by atoms with Crippen LogP contribution in [0.2, 0.25) is 0 Å². The van der Waals surface area contributed by atoms with E-state index in [1.807, 2.05) is 0 Å². The third-order valence-corrected chi connectivity index (χ3v) is 8.43. The molecular weight excluding hydrogens is 602 g/mol. The van der Waals surface area contributed by atoms with E-state index in [4.69, 9.17) is 47.6 Å². The standard InChI is InChI=1S/C26H53N7O12/c27-3-1-10(35)7-32-8-16-15(37)6-12(30)25(42-16)44-22-11(29)5-13(33-24(41)14(36)2-4-28)23(21(22)40)45-26-20(39)18(31)19(38)17(9-34)43-26/h10-23,25-26,32,34-40H,1-9,27-31H2,(H,33,41)/t10?,11-,12+,13+,14-,15-,16+,17+,18-,19+,20+,21-,22?,23-,25+,26+/m0/s1. The SMILES string of the molecule is NCCC(O)CNC[C@H]1O[C@H](OC2[C@@H](N)C[C@@H](NC(=O)[C@@H](O)CCN)[C@H](O[C@H]3O[C@H](CO)[C@@H](O)[C@H](N)[C@H]3O)[C@H]2O)[C@H](N)C[C@@H]1O. The minimum atomic E-state index is -1.61. The first-order valence-corrected chi connectivity index (χ1v) is 15.3. The van der Waals surface area contributed by atoms with Crippen LogP contribution in [0.5, 0.6) is 0 Å². The summed E-state index contributed by atoms with van der Waals surface area (Å²) in [5.41, 5.74) is 29.5. The van der Waals surface area contributed by atoms with Gasteiger partial charge in [-0.15, -0.1) is 0 Å². The van der Waals surface area contributed by atoms with Gasteiger partial charge in [0, 0.05) is 19.1 Å². The molecular formula is C26H53N7O12. The number of amides is 1. The molecule has 0 spiro atoms. The van der Waals surface area contributed by atoms with Crippen LogP contribution in [-0.4, -0.2) is 172 Å². The molecule has 2 aliphatic heterocycles. The molecule has 0 aromatic carbocycles. The van der Waals surface area contributed by atoms with Gasteiger partial charge in [0.05, 0.1) is 43.0 Å². The fourth-order valence-electron chi connectivity index (χ4n) is 5.75. The Morgan fingerprint density at radius 1 is 0.844 bits per heavy atom. The lowest BCUT2D eigenvalue weighted by atomic mass is 9.83. The summed E-state index contributed by atoms with van der Waals surface area (Å²) in [6.07, 6.45) is -14.6. The van der Waals surface area contributed by atoms with Crippen molar-refractivity contribution in [1.82, 2.24) is 10.6 Å². The third-order valence-electron chi connectivity index (χ3n) is 8.43. The molecule has 0 bridgehead atoms. The summed E-state index contributed by atoms with van der Waals surface area (Å²) in [5.74, 6) is -0.804. The Hall–Kier alpha value is -1.21. The van der Waals surface area contributed by atoms with Crippen molar-refractivity contribution in [2.24, 2.45) is 28.7 Å². The smallest absolute Gasteiger partial charge is 0.249 e. The van der Waals surface area contributed by atoms with Crippen LogP contribution < -0.4 is 39.3 Å². The van der Waals surface area contributed by atoms with Crippen LogP contribution in [0.1, 0.15) is 25.7 Å². The molecule has 3 rings (SSSR count). The third kappa shape index (κ3) is 9.90. The Labute approximate surface area is 261 Å². The lowest BCUT2D eigenvalue weighted by molar-refractivity contribution is -0.316. The molecule has 2 heterocycles. The summed E-state index contributed by atoms with van der Waals surface area (Å²) >= 11 is 0. The zero-order valence-electron chi connectivity index (χ0n) is 25.2. The monoisotopic (exact) mass is 655 g/mol. The molecule has 19 nitrogen and oxygen atoms in total. The van der Waals surface area contributed by atoms with Crippen LogP contribution in [0.3, 0.4) is 0 Å². The highest BCUT2D eigenvalue weighted by atomic mass is 16.7. The molecule has 19 heteroatoms. The minimum Gasteiger partial charge on any atom is -0.394 e. The first-order chi connectivity index (χ1) is 21.3. The minimum absolute atomic E-state index is 0.0310. The molecule has 264 valence electrons. The van der Waals surface area contributed by atoms with Gasteiger partial charge in [0.2, 0.25) is 5.91 Å². The number of carbonyl (C=O) groups excluding carboxylic acids is 1. The van der Waals surface area contributed by atoms with Crippen molar-refractivity contribution in [3.63, 3.8) is 0 Å². The van der Waals surface area contributed by atoms with E-state index in [0.29, 0.717) is 13.0 Å². The first kappa shape index (κ1) is 38.2. The highest BCUT2D eigenvalue weighted by Crippen LogP contribution is 2.31. The van der Waals surface area contributed by atoms with Gasteiger partial charge < -0.3 is 94.0 Å². The molecule has 3 fully saturated rings. The first-order valence-electron chi connectivity index (χ1n) is 15.3. The summed E-state index contributed by atoms with van der Waals surface area (Å²) in [7, 11) is 0. The quantitative estimate of drug-likeness (QED) is 0.0778. The van der Waals surface area contributed by atoms with Gasteiger partial charge >= 0.3 is 0 Å². The van der Waals surface area contributed by atoms with Crippen LogP contribution in [0.4, 0.5) is 0 Å². The van der Waals surface area contributed by atoms with Gasteiger partial charge in [-0.2, -0.15) is 0 Å². The summed E-state index contributed by atoms with van der Waals surface area (Å²) in [6, 6.07) is -4.08. The number of aliphatic hydroxyl groups excluding tert-OH is 7. The maximum absolute atomic E-state index is 12.7. The topological polar surface area (TPSA) is 350 Å². The number of nitrogens with one attached hydrogen (secondary N) is 2. The van der Waals surface area contributed by atoms with Gasteiger partial charge in [-0.25, -0.2) is 0 Å². The van der Waals surface area contributed by atoms with Gasteiger partial charge in [-0.05, 0) is 38.8 Å².